The fourth-order valence-electron chi connectivity index (χ4n) is 5.38. The normalized spacial score (nSPS) is 19.1. The summed E-state index contributed by atoms with van der Waals surface area (Å²) in [6.07, 6.45) is -0.289. The van der Waals surface area contributed by atoms with E-state index in [0.29, 0.717) is 18.5 Å². The number of rotatable bonds is 7. The van der Waals surface area contributed by atoms with Gasteiger partial charge < -0.3 is 15.6 Å². The maximum atomic E-state index is 13.5. The van der Waals surface area contributed by atoms with Crippen molar-refractivity contribution in [2.45, 2.75) is 71.1 Å². The highest BCUT2D eigenvalue weighted by atomic mass is 19.4. The number of fused-ring (bicyclic) bond motifs is 1. The summed E-state index contributed by atoms with van der Waals surface area (Å²) in [7, 11) is 0. The average molecular weight is 532 g/mol. The number of primary amides is 1. The van der Waals surface area contributed by atoms with Crippen LogP contribution in [0, 0.1) is 19.8 Å². The minimum Gasteiger partial charge on any atom is -0.368 e. The van der Waals surface area contributed by atoms with E-state index in [9.17, 15) is 27.6 Å². The Morgan fingerprint density at radius 3 is 2.68 bits per heavy atom. The number of aromatic amines is 1. The number of aromatic nitrogens is 3. The van der Waals surface area contributed by atoms with Crippen LogP contribution in [-0.4, -0.2) is 50.0 Å². The number of aryl methyl sites for hydroxylation is 3. The number of H-pyrrole nitrogens is 1. The van der Waals surface area contributed by atoms with Crippen molar-refractivity contribution in [1.82, 2.24) is 19.4 Å². The Labute approximate surface area is 218 Å². The molecule has 0 bridgehead atoms. The molecular weight excluding hydrogens is 499 g/mol. The molecule has 204 valence electrons. The summed E-state index contributed by atoms with van der Waals surface area (Å²) in [4.78, 5) is 46.3. The summed E-state index contributed by atoms with van der Waals surface area (Å²) in [5.74, 6) is -2.38. The number of hydrogen-bond acceptors (Lipinski definition) is 4. The molecule has 1 aliphatic heterocycles. The fraction of sp³-hybridized carbons (Fsp3) is 0.481. The third kappa shape index (κ3) is 5.61. The predicted octanol–water partition coefficient (Wildman–Crippen LogP) is 3.73. The fourth-order valence-corrected chi connectivity index (χ4v) is 5.38. The highest BCUT2D eigenvalue weighted by Gasteiger charge is 2.45. The molecule has 3 heterocycles. The van der Waals surface area contributed by atoms with Crippen LogP contribution in [0.4, 0.5) is 13.2 Å². The van der Waals surface area contributed by atoms with Gasteiger partial charge in [-0.3, -0.25) is 23.9 Å². The van der Waals surface area contributed by atoms with Crippen molar-refractivity contribution in [2.75, 3.05) is 6.54 Å². The van der Waals surface area contributed by atoms with Gasteiger partial charge in [-0.25, -0.2) is 0 Å². The summed E-state index contributed by atoms with van der Waals surface area (Å²) in [6.45, 7) is 5.57. The van der Waals surface area contributed by atoms with Gasteiger partial charge in [0, 0.05) is 48.0 Å². The summed E-state index contributed by atoms with van der Waals surface area (Å²) in [5, 5.41) is 1.00. The van der Waals surface area contributed by atoms with Crippen molar-refractivity contribution >= 4 is 22.7 Å². The summed E-state index contributed by atoms with van der Waals surface area (Å²) in [5.41, 5.74) is 8.64. The lowest BCUT2D eigenvalue weighted by Crippen LogP contribution is -2.51. The molecule has 1 saturated heterocycles. The number of carbonyl (C=O) groups is 2. The molecule has 1 aliphatic rings. The van der Waals surface area contributed by atoms with Crippen LogP contribution >= 0.6 is 0 Å². The van der Waals surface area contributed by atoms with Gasteiger partial charge in [-0.1, -0.05) is 13.0 Å². The van der Waals surface area contributed by atoms with Gasteiger partial charge in [-0.2, -0.15) is 13.2 Å². The van der Waals surface area contributed by atoms with Crippen molar-refractivity contribution in [3.8, 4) is 0 Å². The monoisotopic (exact) mass is 531 g/mol. The molecule has 3 aromatic rings. The van der Waals surface area contributed by atoms with Crippen molar-refractivity contribution in [2.24, 2.45) is 11.7 Å². The minimum absolute atomic E-state index is 0.0183. The van der Waals surface area contributed by atoms with E-state index in [1.54, 1.807) is 6.92 Å². The van der Waals surface area contributed by atoms with Gasteiger partial charge in [0.05, 0.1) is 0 Å². The first kappa shape index (κ1) is 27.4. The first-order valence-corrected chi connectivity index (χ1v) is 12.7. The zero-order chi connectivity index (χ0) is 27.8. The number of alkyl halides is 3. The van der Waals surface area contributed by atoms with Crippen LogP contribution in [0.1, 0.15) is 54.7 Å². The Morgan fingerprint density at radius 2 is 2.00 bits per heavy atom. The molecule has 3 N–H and O–H groups in total. The van der Waals surface area contributed by atoms with E-state index in [1.165, 1.54) is 10.8 Å². The second kappa shape index (κ2) is 10.6. The van der Waals surface area contributed by atoms with Gasteiger partial charge in [0.2, 0.25) is 5.91 Å². The van der Waals surface area contributed by atoms with Crippen molar-refractivity contribution < 1.29 is 22.8 Å². The smallest absolute Gasteiger partial charge is 0.368 e. The van der Waals surface area contributed by atoms with Gasteiger partial charge in [0.1, 0.15) is 11.7 Å². The van der Waals surface area contributed by atoms with E-state index >= 15 is 0 Å². The molecule has 3 atom stereocenters. The molecule has 0 radical (unpaired) electrons. The molecule has 0 saturated carbocycles. The minimum atomic E-state index is -4.95. The molecule has 11 heteroatoms. The molecule has 0 aliphatic carbocycles. The van der Waals surface area contributed by atoms with Crippen molar-refractivity contribution in [3.63, 3.8) is 0 Å². The highest BCUT2D eigenvalue weighted by Crippen LogP contribution is 2.30. The molecule has 8 nitrogen and oxygen atoms in total. The third-order valence-corrected chi connectivity index (χ3v) is 7.47. The summed E-state index contributed by atoms with van der Waals surface area (Å²) >= 11 is 0. The van der Waals surface area contributed by atoms with Crippen LogP contribution in [0.2, 0.25) is 0 Å². The van der Waals surface area contributed by atoms with Crippen LogP contribution < -0.4 is 11.3 Å². The van der Waals surface area contributed by atoms with Crippen molar-refractivity contribution in [1.29, 1.82) is 0 Å². The van der Waals surface area contributed by atoms with E-state index in [1.807, 2.05) is 38.2 Å². The maximum absolute atomic E-state index is 13.5. The second-order valence-electron chi connectivity index (χ2n) is 10.3. The molecule has 0 spiro atoms. The zero-order valence-electron chi connectivity index (χ0n) is 21.6. The van der Waals surface area contributed by atoms with E-state index in [-0.39, 0.29) is 37.4 Å². The van der Waals surface area contributed by atoms with Crippen LogP contribution in [0.5, 0.6) is 0 Å². The zero-order valence-corrected chi connectivity index (χ0v) is 21.6. The van der Waals surface area contributed by atoms with Crippen LogP contribution in [-0.2, 0) is 22.4 Å². The number of likely N-dealkylation sites (tertiary alicyclic amines) is 1. The SMILES string of the molecule is Cc1c[nH]c2ccc(CC(C(N)=O)n3c(C)cnc(CC[C@@H]4C[C@H](C)CCN4C(=O)C(F)(F)F)c3=O)cc12. The molecule has 1 unspecified atom stereocenters. The largest absolute Gasteiger partial charge is 0.471 e. The van der Waals surface area contributed by atoms with Gasteiger partial charge in [0.25, 0.3) is 5.56 Å². The summed E-state index contributed by atoms with van der Waals surface area (Å²) < 4.78 is 40.8. The van der Waals surface area contributed by atoms with Gasteiger partial charge in [-0.15, -0.1) is 0 Å². The number of nitrogens with zero attached hydrogens (tertiary/aromatic N) is 3. The number of nitrogens with one attached hydrogen (secondary N) is 1. The summed E-state index contributed by atoms with van der Waals surface area (Å²) in [6, 6.07) is 4.09. The first-order chi connectivity index (χ1) is 17.9. The Kier molecular flexibility index (Phi) is 7.66. The lowest BCUT2D eigenvalue weighted by molar-refractivity contribution is -0.189. The standard InChI is InChI=1S/C27H32F3N5O3/c1-15-8-9-34(26(38)27(28,29)30)19(10-15)5-7-22-25(37)35(17(3)14-33-22)23(24(31)36)12-18-4-6-21-20(11-18)16(2)13-32-21/h4,6,11,13-15,19,23,32H,5,7-10,12H2,1-3H3,(H2,31,36)/t15-,19-,23?/m1/s1. The average Bonchev–Trinajstić information content (AvgIpc) is 3.22. The Bertz CT molecular complexity index is 1410. The molecule has 1 fully saturated rings. The number of benzene rings is 1. The molecule has 38 heavy (non-hydrogen) atoms. The van der Waals surface area contributed by atoms with Crippen LogP contribution in [0.15, 0.2) is 35.4 Å². The lowest BCUT2D eigenvalue weighted by atomic mass is 9.89. The van der Waals surface area contributed by atoms with Crippen molar-refractivity contribution in [3.05, 3.63) is 63.5 Å². The quantitative estimate of drug-likeness (QED) is 0.484. The van der Waals surface area contributed by atoms with E-state index in [2.05, 4.69) is 9.97 Å². The van der Waals surface area contributed by atoms with Crippen LogP contribution in [0.25, 0.3) is 10.9 Å². The van der Waals surface area contributed by atoms with E-state index in [0.717, 1.165) is 26.9 Å². The Hall–Kier alpha value is -3.63. The highest BCUT2D eigenvalue weighted by molar-refractivity contribution is 5.84. The van der Waals surface area contributed by atoms with E-state index in [4.69, 9.17) is 5.73 Å². The predicted molar refractivity (Wildman–Crippen MR) is 136 cm³/mol. The first-order valence-electron chi connectivity index (χ1n) is 12.7. The van der Waals surface area contributed by atoms with Crippen LogP contribution in [0.3, 0.4) is 0 Å². The second-order valence-corrected chi connectivity index (χ2v) is 10.3. The molecule has 2 amide bonds. The number of piperidine rings is 1. The maximum Gasteiger partial charge on any atom is 0.471 e. The third-order valence-electron chi connectivity index (χ3n) is 7.47. The number of carbonyl (C=O) groups excluding carboxylic acids is 2. The molecule has 2 aromatic heterocycles. The Balaban J connectivity index is 1.59. The van der Waals surface area contributed by atoms with Gasteiger partial charge in [0.15, 0.2) is 0 Å². The number of amides is 2. The number of hydrogen-bond donors (Lipinski definition) is 2. The topological polar surface area (TPSA) is 114 Å². The molecule has 4 rings (SSSR count). The van der Waals surface area contributed by atoms with Gasteiger partial charge >= 0.3 is 12.1 Å². The molecule has 1 aromatic carbocycles. The number of nitrogens with two attached hydrogens (primary N) is 1. The lowest BCUT2D eigenvalue weighted by Gasteiger charge is -2.39. The van der Waals surface area contributed by atoms with Gasteiger partial charge in [-0.05, 0) is 68.7 Å². The molecular formula is C27H32F3N5O3. The Morgan fingerprint density at radius 1 is 1.26 bits per heavy atom. The van der Waals surface area contributed by atoms with E-state index < -0.39 is 35.6 Å². The number of halogens is 3.